The van der Waals surface area contributed by atoms with Gasteiger partial charge in [0.1, 0.15) is 11.8 Å². The van der Waals surface area contributed by atoms with Crippen LogP contribution in [0.3, 0.4) is 0 Å². The van der Waals surface area contributed by atoms with Crippen LogP contribution in [0, 0.1) is 21.4 Å². The zero-order chi connectivity index (χ0) is 12.8. The first kappa shape index (κ1) is 13.0. The van der Waals surface area contributed by atoms with E-state index in [2.05, 4.69) is 0 Å². The molecule has 0 spiro atoms. The van der Waals surface area contributed by atoms with E-state index in [-0.39, 0.29) is 23.1 Å². The Hall–Kier alpha value is -2.09. The van der Waals surface area contributed by atoms with Crippen molar-refractivity contribution < 1.29 is 9.66 Å². The standard InChI is InChI=1S/C12H14N2O3/c1-3-9(4-2)17-12-7-5-6-11(14(15)16)10(12)8-13/h5-7,9H,3-4H2,1-2H3. The Kier molecular flexibility index (Phi) is 4.46. The molecule has 0 fully saturated rings. The molecule has 0 N–H and O–H groups in total. The van der Waals surface area contributed by atoms with Crippen molar-refractivity contribution >= 4 is 5.69 Å². The molecule has 5 nitrogen and oxygen atoms in total. The summed E-state index contributed by atoms with van der Waals surface area (Å²) < 4.78 is 5.60. The lowest BCUT2D eigenvalue weighted by Gasteiger charge is -2.16. The summed E-state index contributed by atoms with van der Waals surface area (Å²) in [6.07, 6.45) is 1.57. The number of hydrogen-bond donors (Lipinski definition) is 0. The third-order valence-corrected chi connectivity index (χ3v) is 2.52. The molecule has 0 aromatic heterocycles. The summed E-state index contributed by atoms with van der Waals surface area (Å²) in [6.45, 7) is 3.94. The fourth-order valence-electron chi connectivity index (χ4n) is 1.52. The van der Waals surface area contributed by atoms with E-state index < -0.39 is 4.92 Å². The summed E-state index contributed by atoms with van der Waals surface area (Å²) in [7, 11) is 0. The van der Waals surface area contributed by atoms with Crippen LogP contribution in [0.5, 0.6) is 5.75 Å². The number of rotatable bonds is 5. The van der Waals surface area contributed by atoms with Crippen LogP contribution >= 0.6 is 0 Å². The molecule has 0 atom stereocenters. The number of nitro benzene ring substituents is 1. The van der Waals surface area contributed by atoms with Gasteiger partial charge in [0, 0.05) is 6.07 Å². The highest BCUT2D eigenvalue weighted by molar-refractivity contribution is 5.56. The van der Waals surface area contributed by atoms with Gasteiger partial charge in [-0.1, -0.05) is 19.9 Å². The zero-order valence-corrected chi connectivity index (χ0v) is 9.84. The second-order valence-corrected chi connectivity index (χ2v) is 3.58. The number of nitrogens with zero attached hydrogens (tertiary/aromatic N) is 2. The van der Waals surface area contributed by atoms with Gasteiger partial charge >= 0.3 is 0 Å². The monoisotopic (exact) mass is 234 g/mol. The molecular formula is C12H14N2O3. The summed E-state index contributed by atoms with van der Waals surface area (Å²) in [6, 6.07) is 6.25. The second kappa shape index (κ2) is 5.85. The van der Waals surface area contributed by atoms with Gasteiger partial charge in [-0.2, -0.15) is 5.26 Å². The average molecular weight is 234 g/mol. The van der Waals surface area contributed by atoms with Crippen LogP contribution < -0.4 is 4.74 Å². The number of ether oxygens (including phenoxy) is 1. The molecule has 0 amide bonds. The van der Waals surface area contributed by atoms with E-state index >= 15 is 0 Å². The van der Waals surface area contributed by atoms with Gasteiger partial charge in [-0.05, 0) is 18.9 Å². The van der Waals surface area contributed by atoms with Crippen molar-refractivity contribution in [1.82, 2.24) is 0 Å². The van der Waals surface area contributed by atoms with E-state index in [1.165, 1.54) is 12.1 Å². The van der Waals surface area contributed by atoms with Crippen LogP contribution in [0.25, 0.3) is 0 Å². The maximum atomic E-state index is 10.8. The topological polar surface area (TPSA) is 76.2 Å². The van der Waals surface area contributed by atoms with Crippen LogP contribution in [-0.2, 0) is 0 Å². The zero-order valence-electron chi connectivity index (χ0n) is 9.84. The van der Waals surface area contributed by atoms with E-state index in [0.717, 1.165) is 12.8 Å². The van der Waals surface area contributed by atoms with Crippen LogP contribution in [0.1, 0.15) is 32.3 Å². The van der Waals surface area contributed by atoms with E-state index in [0.29, 0.717) is 0 Å². The van der Waals surface area contributed by atoms with Gasteiger partial charge in [0.25, 0.3) is 5.69 Å². The molecule has 0 bridgehead atoms. The van der Waals surface area contributed by atoms with Gasteiger partial charge in [-0.25, -0.2) is 0 Å². The van der Waals surface area contributed by atoms with Gasteiger partial charge in [0.05, 0.1) is 11.0 Å². The fraction of sp³-hybridized carbons (Fsp3) is 0.417. The molecule has 0 aliphatic heterocycles. The molecule has 0 saturated carbocycles. The first-order valence-electron chi connectivity index (χ1n) is 5.48. The van der Waals surface area contributed by atoms with Gasteiger partial charge in [0.2, 0.25) is 0 Å². The van der Waals surface area contributed by atoms with Crippen molar-refractivity contribution in [2.24, 2.45) is 0 Å². The molecule has 0 radical (unpaired) electrons. The van der Waals surface area contributed by atoms with Crippen LogP contribution in [0.15, 0.2) is 18.2 Å². The number of nitro groups is 1. The Morgan fingerprint density at radius 1 is 1.47 bits per heavy atom. The summed E-state index contributed by atoms with van der Waals surface area (Å²) >= 11 is 0. The normalized spacial score (nSPS) is 10.0. The minimum absolute atomic E-state index is 0.00981. The van der Waals surface area contributed by atoms with Crippen molar-refractivity contribution in [3.63, 3.8) is 0 Å². The van der Waals surface area contributed by atoms with Crippen LogP contribution in [0.4, 0.5) is 5.69 Å². The van der Waals surface area contributed by atoms with Gasteiger partial charge in [-0.15, -0.1) is 0 Å². The van der Waals surface area contributed by atoms with Crippen molar-refractivity contribution in [1.29, 1.82) is 5.26 Å². The third-order valence-electron chi connectivity index (χ3n) is 2.52. The van der Waals surface area contributed by atoms with Crippen molar-refractivity contribution in [3.8, 4) is 11.8 Å². The highest BCUT2D eigenvalue weighted by atomic mass is 16.6. The predicted molar refractivity (Wildman–Crippen MR) is 62.8 cm³/mol. The maximum Gasteiger partial charge on any atom is 0.290 e. The van der Waals surface area contributed by atoms with E-state index in [1.54, 1.807) is 6.07 Å². The second-order valence-electron chi connectivity index (χ2n) is 3.58. The van der Waals surface area contributed by atoms with Gasteiger partial charge in [-0.3, -0.25) is 10.1 Å². The SMILES string of the molecule is CCC(CC)Oc1cccc([N+](=O)[O-])c1C#N. The Bertz CT molecular complexity index is 448. The lowest BCUT2D eigenvalue weighted by atomic mass is 10.1. The molecule has 0 heterocycles. The van der Waals surface area contributed by atoms with Gasteiger partial charge in [0.15, 0.2) is 5.56 Å². The Morgan fingerprint density at radius 3 is 2.59 bits per heavy atom. The molecule has 0 saturated heterocycles. The van der Waals surface area contributed by atoms with Crippen LogP contribution in [-0.4, -0.2) is 11.0 Å². The molecule has 1 rings (SSSR count). The number of hydrogen-bond acceptors (Lipinski definition) is 4. The number of benzene rings is 1. The molecule has 5 heteroatoms. The molecule has 90 valence electrons. The Labute approximate surface area is 99.8 Å². The van der Waals surface area contributed by atoms with Gasteiger partial charge < -0.3 is 4.74 Å². The molecule has 17 heavy (non-hydrogen) atoms. The molecule has 1 aromatic rings. The Morgan fingerprint density at radius 2 is 2.12 bits per heavy atom. The summed E-state index contributed by atoms with van der Waals surface area (Å²) in [4.78, 5) is 10.2. The smallest absolute Gasteiger partial charge is 0.290 e. The maximum absolute atomic E-state index is 10.8. The van der Waals surface area contributed by atoms with Crippen molar-refractivity contribution in [3.05, 3.63) is 33.9 Å². The summed E-state index contributed by atoms with van der Waals surface area (Å²) in [5.41, 5.74) is -0.222. The molecule has 0 unspecified atom stereocenters. The van der Waals surface area contributed by atoms with Crippen molar-refractivity contribution in [2.75, 3.05) is 0 Å². The molecule has 0 aliphatic rings. The lowest BCUT2D eigenvalue weighted by Crippen LogP contribution is -2.14. The average Bonchev–Trinajstić information content (AvgIpc) is 2.35. The minimum atomic E-state index is -0.571. The highest BCUT2D eigenvalue weighted by Crippen LogP contribution is 2.28. The van der Waals surface area contributed by atoms with Crippen LogP contribution in [0.2, 0.25) is 0 Å². The van der Waals surface area contributed by atoms with E-state index in [4.69, 9.17) is 10.00 Å². The fourth-order valence-corrected chi connectivity index (χ4v) is 1.52. The molecular weight excluding hydrogens is 220 g/mol. The first-order valence-corrected chi connectivity index (χ1v) is 5.48. The number of nitriles is 1. The summed E-state index contributed by atoms with van der Waals surface area (Å²) in [5.74, 6) is 0.287. The predicted octanol–water partition coefficient (Wildman–Crippen LogP) is 3.03. The Balaban J connectivity index is 3.12. The quantitative estimate of drug-likeness (QED) is 0.579. The summed E-state index contributed by atoms with van der Waals surface area (Å²) in [5, 5.41) is 19.7. The third kappa shape index (κ3) is 2.94. The first-order chi connectivity index (χ1) is 8.13. The largest absolute Gasteiger partial charge is 0.489 e. The minimum Gasteiger partial charge on any atom is -0.489 e. The lowest BCUT2D eigenvalue weighted by molar-refractivity contribution is -0.385. The molecule has 1 aromatic carbocycles. The van der Waals surface area contributed by atoms with Crippen molar-refractivity contribution in [2.45, 2.75) is 32.8 Å². The highest BCUT2D eigenvalue weighted by Gasteiger charge is 2.19. The van der Waals surface area contributed by atoms with E-state index in [9.17, 15) is 10.1 Å². The van der Waals surface area contributed by atoms with E-state index in [1.807, 2.05) is 19.9 Å². The molecule has 0 aliphatic carbocycles.